The average molecular weight is 717 g/mol. The normalized spacial score (nSPS) is 12.1. The van der Waals surface area contributed by atoms with Crippen LogP contribution < -0.4 is 10.6 Å². The van der Waals surface area contributed by atoms with Gasteiger partial charge in [-0.05, 0) is 75.3 Å². The number of aliphatic hydroxyl groups is 2. The molecule has 0 aliphatic heterocycles. The smallest absolute Gasteiger partial charge is 0.409 e. The number of carbonyl (C=O) groups is 4. The summed E-state index contributed by atoms with van der Waals surface area (Å²) < 4.78 is 10.5. The summed E-state index contributed by atoms with van der Waals surface area (Å²) in [5.41, 5.74) is 0.538. The van der Waals surface area contributed by atoms with E-state index in [-0.39, 0.29) is 37.6 Å². The first kappa shape index (κ1) is 40.1. The highest BCUT2D eigenvalue weighted by molar-refractivity contribution is 7.08. The zero-order valence-electron chi connectivity index (χ0n) is 29.6. The number of ether oxygens (including phenoxy) is 2. The molecule has 270 valence electrons. The van der Waals surface area contributed by atoms with E-state index in [2.05, 4.69) is 34.3 Å². The molecule has 0 aliphatic carbocycles. The number of hydrogen-bond donors (Lipinski definition) is 4. The Kier molecular flexibility index (Phi) is 14.6. The maximum Gasteiger partial charge on any atom is 0.409 e. The summed E-state index contributed by atoms with van der Waals surface area (Å²) in [7, 11) is 0. The summed E-state index contributed by atoms with van der Waals surface area (Å²) in [6.07, 6.45) is -4.37. The molecule has 0 fully saturated rings. The fraction of sp³-hybridized carbons (Fsp3) is 0.368. The Bertz CT molecular complexity index is 1630. The quantitative estimate of drug-likeness (QED) is 0.172. The Morgan fingerprint density at radius 1 is 0.667 bits per heavy atom. The predicted octanol–water partition coefficient (Wildman–Crippen LogP) is 4.84. The highest BCUT2D eigenvalue weighted by atomic mass is 32.1. The zero-order valence-corrected chi connectivity index (χ0v) is 30.4. The molecule has 0 spiro atoms. The number of amides is 4. The van der Waals surface area contributed by atoms with E-state index in [4.69, 9.17) is 9.47 Å². The fourth-order valence-corrected chi connectivity index (χ4v) is 5.18. The molecule has 2 aromatic carbocycles. The molecule has 0 aliphatic rings. The Labute approximate surface area is 302 Å². The minimum absolute atomic E-state index is 0.126. The van der Waals surface area contributed by atoms with E-state index >= 15 is 0 Å². The Morgan fingerprint density at radius 2 is 1.02 bits per heavy atom. The van der Waals surface area contributed by atoms with E-state index in [9.17, 15) is 29.4 Å². The summed E-state index contributed by atoms with van der Waals surface area (Å²) >= 11 is 1.17. The maximum absolute atomic E-state index is 13.2. The monoisotopic (exact) mass is 716 g/mol. The Balaban J connectivity index is 1.74. The third-order valence-electron chi connectivity index (χ3n) is 6.58. The van der Waals surface area contributed by atoms with Crippen LogP contribution in [0, 0.1) is 23.7 Å². The van der Waals surface area contributed by atoms with Crippen LogP contribution >= 0.6 is 11.3 Å². The predicted molar refractivity (Wildman–Crippen MR) is 192 cm³/mol. The summed E-state index contributed by atoms with van der Waals surface area (Å²) in [6.45, 7) is 10.2. The molecule has 2 unspecified atom stereocenters. The van der Waals surface area contributed by atoms with Crippen LogP contribution in [-0.4, -0.2) is 68.6 Å². The van der Waals surface area contributed by atoms with Crippen molar-refractivity contribution in [2.75, 3.05) is 13.3 Å². The van der Waals surface area contributed by atoms with Crippen LogP contribution in [-0.2, 0) is 32.2 Å². The summed E-state index contributed by atoms with van der Waals surface area (Å²) in [5.74, 6) is 8.55. The maximum atomic E-state index is 13.2. The zero-order chi connectivity index (χ0) is 37.6. The first-order valence-corrected chi connectivity index (χ1v) is 17.0. The van der Waals surface area contributed by atoms with Crippen LogP contribution in [0.2, 0.25) is 0 Å². The van der Waals surface area contributed by atoms with Crippen molar-refractivity contribution in [1.29, 1.82) is 0 Å². The van der Waals surface area contributed by atoms with E-state index in [0.29, 0.717) is 0 Å². The average Bonchev–Trinajstić information content (AvgIpc) is 3.56. The minimum atomic E-state index is -1.48. The topological polar surface area (TPSA) is 158 Å². The van der Waals surface area contributed by atoms with Gasteiger partial charge in [-0.1, -0.05) is 72.5 Å². The SMILES string of the molecule is CC(C)(C)OC(=O)NCN(Cc1ccccc1)C(=O)C#CC(O)c1cscc1C(O)C#CC(=O)N(CNC(=O)OC(C)(C)C)Cc1ccccc1. The standard InChI is InChI=1S/C38H44N4O8S/c1-37(2,3)49-35(47)39-25-41(21-27-13-9-7-10-14-27)33(45)19-17-31(43)29-23-51-24-30(29)32(44)18-20-34(46)42(22-28-15-11-8-12-16-28)26-40-36(48)50-38(4,5)6/h7-16,23-24,31-32,43-44H,21-22,25-26H2,1-6H3,(H,39,47)(H,40,48). The van der Waals surface area contributed by atoms with Gasteiger partial charge in [-0.15, -0.1) is 0 Å². The van der Waals surface area contributed by atoms with Crippen LogP contribution in [0.15, 0.2) is 71.4 Å². The van der Waals surface area contributed by atoms with Crippen molar-refractivity contribution < 1.29 is 38.9 Å². The molecule has 51 heavy (non-hydrogen) atoms. The highest BCUT2D eigenvalue weighted by Crippen LogP contribution is 2.27. The lowest BCUT2D eigenvalue weighted by atomic mass is 10.0. The van der Waals surface area contributed by atoms with Gasteiger partial charge in [0.25, 0.3) is 11.8 Å². The van der Waals surface area contributed by atoms with Crippen LogP contribution in [0.25, 0.3) is 0 Å². The van der Waals surface area contributed by atoms with Gasteiger partial charge >= 0.3 is 12.2 Å². The molecule has 3 aromatic rings. The third-order valence-corrected chi connectivity index (χ3v) is 7.36. The first-order chi connectivity index (χ1) is 24.0. The molecule has 0 bridgehead atoms. The minimum Gasteiger partial charge on any atom is -0.444 e. The second kappa shape index (κ2) is 18.6. The van der Waals surface area contributed by atoms with Crippen LogP contribution in [0.5, 0.6) is 0 Å². The molecule has 1 aromatic heterocycles. The second-order valence-electron chi connectivity index (χ2n) is 13.3. The van der Waals surface area contributed by atoms with E-state index in [1.54, 1.807) is 52.3 Å². The number of benzene rings is 2. The van der Waals surface area contributed by atoms with Gasteiger partial charge in [0.2, 0.25) is 0 Å². The molecule has 0 saturated heterocycles. The van der Waals surface area contributed by atoms with Gasteiger partial charge in [0.1, 0.15) is 23.4 Å². The van der Waals surface area contributed by atoms with Crippen molar-refractivity contribution in [2.45, 2.75) is 78.0 Å². The number of rotatable bonds is 10. The summed E-state index contributed by atoms with van der Waals surface area (Å²) in [5, 5.41) is 30.1. The van der Waals surface area contributed by atoms with Crippen molar-refractivity contribution in [3.8, 4) is 23.7 Å². The van der Waals surface area contributed by atoms with E-state index in [1.165, 1.54) is 21.1 Å². The lowest BCUT2D eigenvalue weighted by Crippen LogP contribution is -2.42. The van der Waals surface area contributed by atoms with Crippen LogP contribution in [0.3, 0.4) is 0 Å². The lowest BCUT2D eigenvalue weighted by molar-refractivity contribution is -0.126. The first-order valence-electron chi connectivity index (χ1n) is 16.1. The molecule has 4 amide bonds. The van der Waals surface area contributed by atoms with Gasteiger partial charge in [0, 0.05) is 24.2 Å². The molecule has 12 nitrogen and oxygen atoms in total. The van der Waals surface area contributed by atoms with Gasteiger partial charge in [-0.2, -0.15) is 11.3 Å². The third kappa shape index (κ3) is 14.6. The number of thiophene rings is 1. The van der Waals surface area contributed by atoms with Crippen molar-refractivity contribution in [3.63, 3.8) is 0 Å². The molecule has 3 rings (SSSR count). The van der Waals surface area contributed by atoms with Crippen LogP contribution in [0.1, 0.15) is 76.0 Å². The van der Waals surface area contributed by atoms with Gasteiger partial charge in [-0.25, -0.2) is 9.59 Å². The van der Waals surface area contributed by atoms with Gasteiger partial charge in [0.05, 0.1) is 13.3 Å². The fourth-order valence-electron chi connectivity index (χ4n) is 4.29. The molecule has 0 radical (unpaired) electrons. The number of nitrogens with zero attached hydrogens (tertiary/aromatic N) is 2. The lowest BCUT2D eigenvalue weighted by Gasteiger charge is -2.24. The largest absolute Gasteiger partial charge is 0.444 e. The number of aliphatic hydroxyl groups excluding tert-OH is 2. The van der Waals surface area contributed by atoms with Crippen molar-refractivity contribution >= 4 is 35.3 Å². The van der Waals surface area contributed by atoms with Gasteiger partial charge in [0.15, 0.2) is 0 Å². The van der Waals surface area contributed by atoms with Gasteiger partial charge in [-0.3, -0.25) is 9.59 Å². The molecule has 1 heterocycles. The number of alkyl carbamates (subject to hydrolysis) is 2. The van der Waals surface area contributed by atoms with Crippen molar-refractivity contribution in [3.05, 3.63) is 93.7 Å². The Morgan fingerprint density at radius 3 is 1.35 bits per heavy atom. The second-order valence-corrected chi connectivity index (χ2v) is 14.0. The molecule has 0 saturated carbocycles. The number of hydrogen-bond acceptors (Lipinski definition) is 9. The molecular formula is C38H44N4O8S. The van der Waals surface area contributed by atoms with Crippen molar-refractivity contribution in [1.82, 2.24) is 20.4 Å². The Hall–Kier alpha value is -5.34. The van der Waals surface area contributed by atoms with Crippen LogP contribution in [0.4, 0.5) is 9.59 Å². The van der Waals surface area contributed by atoms with E-state index < -0.39 is 47.4 Å². The molecular weight excluding hydrogens is 673 g/mol. The molecule has 2 atom stereocenters. The molecule has 4 N–H and O–H groups in total. The van der Waals surface area contributed by atoms with Crippen molar-refractivity contribution in [2.24, 2.45) is 0 Å². The number of carbonyl (C=O) groups excluding carboxylic acids is 4. The highest BCUT2D eigenvalue weighted by Gasteiger charge is 2.22. The summed E-state index contributed by atoms with van der Waals surface area (Å²) in [4.78, 5) is 53.4. The molecule has 13 heteroatoms. The van der Waals surface area contributed by atoms with E-state index in [1.807, 2.05) is 60.7 Å². The van der Waals surface area contributed by atoms with E-state index in [0.717, 1.165) is 11.1 Å². The summed E-state index contributed by atoms with van der Waals surface area (Å²) in [6, 6.07) is 18.2. The number of nitrogens with one attached hydrogen (secondary N) is 2. The van der Waals surface area contributed by atoms with Gasteiger partial charge < -0.3 is 40.1 Å².